The molecule has 58 valence electrons. The summed E-state index contributed by atoms with van der Waals surface area (Å²) < 4.78 is 0. The highest BCUT2D eigenvalue weighted by molar-refractivity contribution is 7.98. The zero-order valence-electron chi connectivity index (χ0n) is 6.29. The van der Waals surface area contributed by atoms with Gasteiger partial charge in [-0.05, 0) is 24.5 Å². The molecule has 0 aromatic heterocycles. The molecule has 1 aromatic carbocycles. The number of hydrogen-bond donors (Lipinski definition) is 2. The molecule has 3 N–H and O–H groups in total. The average molecular weight is 166 g/mol. The number of anilines is 1. The van der Waals surface area contributed by atoms with E-state index >= 15 is 0 Å². The lowest BCUT2D eigenvalue weighted by atomic mass is 10.0. The van der Waals surface area contributed by atoms with Crippen LogP contribution in [0.1, 0.15) is 11.7 Å². The number of thioether (sulfide) groups is 1. The van der Waals surface area contributed by atoms with Gasteiger partial charge >= 0.3 is 0 Å². The predicted octanol–water partition coefficient (Wildman–Crippen LogP) is 1.79. The fraction of sp³-hybridized carbons (Fsp3) is 0.250. The summed E-state index contributed by atoms with van der Waals surface area (Å²) in [5.41, 5.74) is 8.10. The molecule has 0 spiro atoms. The van der Waals surface area contributed by atoms with Gasteiger partial charge in [-0.2, -0.15) is 0 Å². The first-order valence-electron chi connectivity index (χ1n) is 3.51. The molecule has 0 saturated heterocycles. The quantitative estimate of drug-likeness (QED) is 0.625. The second-order valence-electron chi connectivity index (χ2n) is 2.58. The number of nitrogens with one attached hydrogen (secondary N) is 1. The largest absolute Gasteiger partial charge is 0.366 e. The molecule has 0 aliphatic carbocycles. The van der Waals surface area contributed by atoms with E-state index in [-0.39, 0.29) is 6.17 Å². The van der Waals surface area contributed by atoms with E-state index in [2.05, 4.69) is 29.8 Å². The normalized spacial score (nSPS) is 20.0. The van der Waals surface area contributed by atoms with Gasteiger partial charge in [-0.15, -0.1) is 11.8 Å². The van der Waals surface area contributed by atoms with Gasteiger partial charge in [0, 0.05) is 16.1 Å². The van der Waals surface area contributed by atoms with E-state index in [1.165, 1.54) is 16.1 Å². The van der Waals surface area contributed by atoms with Crippen LogP contribution in [0.2, 0.25) is 0 Å². The molecule has 0 radical (unpaired) electrons. The average Bonchev–Trinajstić information content (AvgIpc) is 2.03. The molecule has 0 amide bonds. The first kappa shape index (κ1) is 7.00. The van der Waals surface area contributed by atoms with E-state index in [9.17, 15) is 0 Å². The van der Waals surface area contributed by atoms with Crippen LogP contribution in [0.4, 0.5) is 5.69 Å². The second kappa shape index (κ2) is 2.43. The van der Waals surface area contributed by atoms with Crippen LogP contribution in [-0.4, -0.2) is 6.26 Å². The van der Waals surface area contributed by atoms with Gasteiger partial charge in [0.25, 0.3) is 0 Å². The van der Waals surface area contributed by atoms with E-state index in [1.54, 1.807) is 11.8 Å². The smallest absolute Gasteiger partial charge is 0.103 e. The summed E-state index contributed by atoms with van der Waals surface area (Å²) in [6.07, 6.45) is 2.12. The van der Waals surface area contributed by atoms with Crippen molar-refractivity contribution in [3.05, 3.63) is 23.8 Å². The van der Waals surface area contributed by atoms with Crippen molar-refractivity contribution in [2.24, 2.45) is 5.73 Å². The molecule has 0 fully saturated rings. The van der Waals surface area contributed by atoms with Gasteiger partial charge in [0.2, 0.25) is 0 Å². The van der Waals surface area contributed by atoms with E-state index in [1.807, 2.05) is 0 Å². The van der Waals surface area contributed by atoms with Crippen molar-refractivity contribution in [1.29, 1.82) is 0 Å². The maximum Gasteiger partial charge on any atom is 0.103 e. The number of hydrogen-bond acceptors (Lipinski definition) is 3. The molecule has 11 heavy (non-hydrogen) atoms. The molecule has 1 aromatic rings. The minimum atomic E-state index is 0.0529. The van der Waals surface area contributed by atoms with Gasteiger partial charge in [0.15, 0.2) is 0 Å². The van der Waals surface area contributed by atoms with Crippen molar-refractivity contribution in [3.8, 4) is 0 Å². The fourth-order valence-electron chi connectivity index (χ4n) is 1.22. The van der Waals surface area contributed by atoms with Crippen molar-refractivity contribution in [2.45, 2.75) is 11.1 Å². The Balaban J connectivity index is 2.40. The molecule has 1 aliphatic heterocycles. The van der Waals surface area contributed by atoms with E-state index in [0.29, 0.717) is 0 Å². The number of nitrogens with two attached hydrogens (primary N) is 1. The second-order valence-corrected chi connectivity index (χ2v) is 3.45. The summed E-state index contributed by atoms with van der Waals surface area (Å²) in [5, 5.41) is 3.11. The topological polar surface area (TPSA) is 38.0 Å². The summed E-state index contributed by atoms with van der Waals surface area (Å²) in [6.45, 7) is 0. The van der Waals surface area contributed by atoms with Gasteiger partial charge in [-0.1, -0.05) is 0 Å². The van der Waals surface area contributed by atoms with Gasteiger partial charge in [0.1, 0.15) is 6.17 Å². The Morgan fingerprint density at radius 2 is 2.36 bits per heavy atom. The highest BCUT2D eigenvalue weighted by atomic mass is 32.2. The van der Waals surface area contributed by atoms with Gasteiger partial charge in [0.05, 0.1) is 0 Å². The van der Waals surface area contributed by atoms with Crippen LogP contribution in [0.15, 0.2) is 23.1 Å². The van der Waals surface area contributed by atoms with Crippen LogP contribution in [-0.2, 0) is 0 Å². The van der Waals surface area contributed by atoms with E-state index in [0.717, 1.165) is 0 Å². The zero-order chi connectivity index (χ0) is 7.84. The summed E-state index contributed by atoms with van der Waals surface area (Å²) in [7, 11) is 0. The highest BCUT2D eigenvalue weighted by Gasteiger charge is 2.20. The highest BCUT2D eigenvalue weighted by Crippen LogP contribution is 2.34. The number of fused-ring (bicyclic) bond motifs is 1. The Morgan fingerprint density at radius 1 is 1.55 bits per heavy atom. The minimum Gasteiger partial charge on any atom is -0.366 e. The Labute approximate surface area is 70.2 Å². The van der Waals surface area contributed by atoms with Crippen molar-refractivity contribution < 1.29 is 0 Å². The third kappa shape index (κ3) is 1.01. The lowest BCUT2D eigenvalue weighted by Gasteiger charge is -2.29. The third-order valence-electron chi connectivity index (χ3n) is 1.90. The molecule has 2 rings (SSSR count). The lowest BCUT2D eigenvalue weighted by molar-refractivity contribution is 0.773. The molecule has 0 bridgehead atoms. The predicted molar refractivity (Wildman–Crippen MR) is 48.8 cm³/mol. The summed E-state index contributed by atoms with van der Waals surface area (Å²) in [5.74, 6) is 0. The van der Waals surface area contributed by atoms with Crippen molar-refractivity contribution >= 4 is 17.4 Å². The SMILES string of the molecule is CSc1ccc2c(c1)[C@H](N)N2. The maximum atomic E-state index is 5.69. The molecule has 1 heterocycles. The van der Waals surface area contributed by atoms with Gasteiger partial charge < -0.3 is 11.1 Å². The summed E-state index contributed by atoms with van der Waals surface area (Å²) >= 11 is 1.74. The molecular formula is C8H10N2S. The van der Waals surface area contributed by atoms with Crippen LogP contribution in [0.5, 0.6) is 0 Å². The number of benzene rings is 1. The Morgan fingerprint density at radius 3 is 3.00 bits per heavy atom. The maximum absolute atomic E-state index is 5.69. The van der Waals surface area contributed by atoms with Gasteiger partial charge in [-0.3, -0.25) is 0 Å². The summed E-state index contributed by atoms with van der Waals surface area (Å²) in [4.78, 5) is 1.28. The molecule has 2 nitrogen and oxygen atoms in total. The Kier molecular flexibility index (Phi) is 1.55. The van der Waals surface area contributed by atoms with E-state index < -0.39 is 0 Å². The number of rotatable bonds is 1. The molecule has 3 heteroatoms. The molecule has 0 unspecified atom stereocenters. The Hall–Kier alpha value is -0.670. The standard InChI is InChI=1S/C8H10N2S/c1-11-5-2-3-7-6(4-5)8(9)10-7/h2-4,8,10H,9H2,1H3/t8-/m1/s1. The van der Waals surface area contributed by atoms with E-state index in [4.69, 9.17) is 5.73 Å². The van der Waals surface area contributed by atoms with Crippen molar-refractivity contribution in [2.75, 3.05) is 11.6 Å². The third-order valence-corrected chi connectivity index (χ3v) is 2.63. The van der Waals surface area contributed by atoms with Gasteiger partial charge in [-0.25, -0.2) is 0 Å². The van der Waals surface area contributed by atoms with Crippen molar-refractivity contribution in [3.63, 3.8) is 0 Å². The zero-order valence-corrected chi connectivity index (χ0v) is 7.11. The van der Waals surface area contributed by atoms with Crippen LogP contribution in [0, 0.1) is 0 Å². The molecular weight excluding hydrogens is 156 g/mol. The summed E-state index contributed by atoms with van der Waals surface area (Å²) in [6, 6.07) is 6.31. The van der Waals surface area contributed by atoms with Crippen LogP contribution < -0.4 is 11.1 Å². The first-order chi connectivity index (χ1) is 5.31. The monoisotopic (exact) mass is 166 g/mol. The first-order valence-corrected chi connectivity index (χ1v) is 4.74. The molecule has 1 aliphatic rings. The van der Waals surface area contributed by atoms with Crippen LogP contribution in [0.3, 0.4) is 0 Å². The molecule has 1 atom stereocenters. The van der Waals surface area contributed by atoms with Crippen LogP contribution >= 0.6 is 11.8 Å². The minimum absolute atomic E-state index is 0.0529. The fourth-order valence-corrected chi connectivity index (χ4v) is 1.67. The van der Waals surface area contributed by atoms with Crippen molar-refractivity contribution in [1.82, 2.24) is 0 Å². The van der Waals surface area contributed by atoms with Crippen LogP contribution in [0.25, 0.3) is 0 Å². The lowest BCUT2D eigenvalue weighted by Crippen LogP contribution is -2.29. The molecule has 0 saturated carbocycles. The Bertz CT molecular complexity index is 285.